The van der Waals surface area contributed by atoms with Crippen LogP contribution in [0, 0.1) is 12.8 Å². The number of aliphatic hydroxyl groups is 1. The topological polar surface area (TPSA) is 92.0 Å². The molecule has 1 aromatic carbocycles. The number of carbonyl (C=O) groups excluding carboxylic acids is 2. The number of amides is 2. The van der Waals surface area contributed by atoms with Crippen molar-refractivity contribution in [2.24, 2.45) is 5.92 Å². The third-order valence-electron chi connectivity index (χ3n) is 5.83. The average molecular weight is 400 g/mol. The van der Waals surface area contributed by atoms with Crippen LogP contribution in [-0.2, 0) is 9.53 Å². The van der Waals surface area contributed by atoms with Gasteiger partial charge in [-0.05, 0) is 57.9 Å². The number of carbonyl (C=O) groups is 2. The van der Waals surface area contributed by atoms with Crippen LogP contribution in [0.25, 0.3) is 11.0 Å². The number of benzene rings is 1. The molecule has 4 rings (SSSR count). The molecule has 2 heterocycles. The fourth-order valence-electron chi connectivity index (χ4n) is 4.40. The lowest BCUT2D eigenvalue weighted by Crippen LogP contribution is -2.52. The van der Waals surface area contributed by atoms with Crippen LogP contribution in [0.2, 0.25) is 0 Å². The first kappa shape index (κ1) is 19.9. The number of rotatable bonds is 3. The second kappa shape index (κ2) is 7.46. The van der Waals surface area contributed by atoms with Gasteiger partial charge in [0.05, 0.1) is 24.4 Å². The molecule has 0 unspecified atom stereocenters. The maximum absolute atomic E-state index is 12.9. The predicted octanol–water partition coefficient (Wildman–Crippen LogP) is 2.25. The van der Waals surface area contributed by atoms with Gasteiger partial charge < -0.3 is 24.5 Å². The molecule has 156 valence electrons. The number of ether oxygens (including phenoxy) is 1. The highest BCUT2D eigenvalue weighted by molar-refractivity contribution is 5.98. The van der Waals surface area contributed by atoms with E-state index in [1.165, 1.54) is 0 Å². The number of morpholine rings is 1. The Balaban J connectivity index is 1.40. The van der Waals surface area contributed by atoms with Crippen molar-refractivity contribution in [3.8, 4) is 0 Å². The van der Waals surface area contributed by atoms with Gasteiger partial charge in [0, 0.05) is 30.0 Å². The van der Waals surface area contributed by atoms with E-state index < -0.39 is 12.1 Å². The van der Waals surface area contributed by atoms with E-state index in [1.54, 1.807) is 18.2 Å². The molecule has 1 aliphatic heterocycles. The molecule has 1 saturated carbocycles. The van der Waals surface area contributed by atoms with Crippen molar-refractivity contribution in [3.05, 3.63) is 35.6 Å². The van der Waals surface area contributed by atoms with Crippen molar-refractivity contribution in [1.29, 1.82) is 0 Å². The Hall–Kier alpha value is -2.38. The molecule has 1 saturated heterocycles. The Morgan fingerprint density at radius 1 is 1.24 bits per heavy atom. The molecule has 2 N–H and O–H groups in total. The zero-order chi connectivity index (χ0) is 20.8. The lowest BCUT2D eigenvalue weighted by molar-refractivity contribution is -0.150. The number of furan rings is 1. The first-order valence-electron chi connectivity index (χ1n) is 10.1. The number of aryl methyl sites for hydroxylation is 1. The minimum atomic E-state index is -0.734. The SMILES string of the molecule is Cc1cc2cc(C(=O)N[C@H]3C[C@H](C(=O)N4CCOC(C)(C)C4)C[C@@H]3O)ccc2o1. The zero-order valence-corrected chi connectivity index (χ0v) is 17.1. The Bertz CT molecular complexity index is 934. The van der Waals surface area contributed by atoms with Crippen LogP contribution in [0.5, 0.6) is 0 Å². The molecule has 2 aliphatic rings. The monoisotopic (exact) mass is 400 g/mol. The molecular formula is C22H28N2O5. The van der Waals surface area contributed by atoms with Gasteiger partial charge in [0.25, 0.3) is 5.91 Å². The second-order valence-corrected chi connectivity index (χ2v) is 8.79. The summed E-state index contributed by atoms with van der Waals surface area (Å²) in [4.78, 5) is 27.4. The highest BCUT2D eigenvalue weighted by atomic mass is 16.5. The highest BCUT2D eigenvalue weighted by Gasteiger charge is 2.41. The maximum atomic E-state index is 12.9. The Morgan fingerprint density at radius 2 is 2.03 bits per heavy atom. The van der Waals surface area contributed by atoms with Gasteiger partial charge in [-0.3, -0.25) is 9.59 Å². The summed E-state index contributed by atoms with van der Waals surface area (Å²) in [7, 11) is 0. The van der Waals surface area contributed by atoms with E-state index in [9.17, 15) is 14.7 Å². The van der Waals surface area contributed by atoms with Gasteiger partial charge in [0.2, 0.25) is 5.91 Å². The van der Waals surface area contributed by atoms with E-state index >= 15 is 0 Å². The standard InChI is InChI=1S/C22H28N2O5/c1-13-8-15-9-14(4-5-19(15)29-13)20(26)23-17-10-16(11-18(17)25)21(27)24-6-7-28-22(2,3)12-24/h4-5,8-9,16-18,25H,6-7,10-12H2,1-3H3,(H,23,26)/t16-,17-,18-/m0/s1. The average Bonchev–Trinajstić information content (AvgIpc) is 3.21. The van der Waals surface area contributed by atoms with Gasteiger partial charge in [-0.1, -0.05) is 0 Å². The highest BCUT2D eigenvalue weighted by Crippen LogP contribution is 2.30. The molecule has 2 fully saturated rings. The molecule has 2 amide bonds. The van der Waals surface area contributed by atoms with Crippen molar-refractivity contribution >= 4 is 22.8 Å². The van der Waals surface area contributed by atoms with Gasteiger partial charge in [-0.25, -0.2) is 0 Å². The number of aliphatic hydroxyl groups excluding tert-OH is 1. The molecule has 0 spiro atoms. The number of nitrogens with one attached hydrogen (secondary N) is 1. The van der Waals surface area contributed by atoms with Crippen molar-refractivity contribution in [3.63, 3.8) is 0 Å². The Kier molecular flexibility index (Phi) is 5.12. The molecule has 2 aromatic rings. The summed E-state index contributed by atoms with van der Waals surface area (Å²) in [5.41, 5.74) is 0.886. The van der Waals surface area contributed by atoms with E-state index in [-0.39, 0.29) is 23.3 Å². The second-order valence-electron chi connectivity index (χ2n) is 8.79. The van der Waals surface area contributed by atoms with Crippen LogP contribution < -0.4 is 5.32 Å². The van der Waals surface area contributed by atoms with Crippen LogP contribution >= 0.6 is 0 Å². The molecule has 29 heavy (non-hydrogen) atoms. The van der Waals surface area contributed by atoms with Crippen LogP contribution in [0.3, 0.4) is 0 Å². The van der Waals surface area contributed by atoms with Gasteiger partial charge in [0.1, 0.15) is 11.3 Å². The molecule has 1 aliphatic carbocycles. The number of hydrogen-bond donors (Lipinski definition) is 2. The molecule has 1 aromatic heterocycles. The fraction of sp³-hybridized carbons (Fsp3) is 0.545. The number of hydrogen-bond acceptors (Lipinski definition) is 5. The first-order valence-corrected chi connectivity index (χ1v) is 10.1. The zero-order valence-electron chi connectivity index (χ0n) is 17.1. The fourth-order valence-corrected chi connectivity index (χ4v) is 4.40. The van der Waals surface area contributed by atoms with Gasteiger partial charge in [-0.15, -0.1) is 0 Å². The summed E-state index contributed by atoms with van der Waals surface area (Å²) in [6.45, 7) is 7.43. The van der Waals surface area contributed by atoms with Gasteiger partial charge in [0.15, 0.2) is 0 Å². The lowest BCUT2D eigenvalue weighted by Gasteiger charge is -2.39. The van der Waals surface area contributed by atoms with E-state index in [2.05, 4.69) is 5.32 Å². The number of nitrogens with zero attached hydrogens (tertiary/aromatic N) is 1. The van der Waals surface area contributed by atoms with E-state index in [1.807, 2.05) is 31.7 Å². The van der Waals surface area contributed by atoms with Crippen LogP contribution in [0.15, 0.2) is 28.7 Å². The first-order chi connectivity index (χ1) is 13.7. The molecular weight excluding hydrogens is 372 g/mol. The van der Waals surface area contributed by atoms with Gasteiger partial charge >= 0.3 is 0 Å². The molecule has 0 radical (unpaired) electrons. The minimum absolute atomic E-state index is 0.0347. The normalized spacial score (nSPS) is 26.6. The van der Waals surface area contributed by atoms with Gasteiger partial charge in [-0.2, -0.15) is 0 Å². The van der Waals surface area contributed by atoms with Crippen LogP contribution in [0.1, 0.15) is 42.8 Å². The largest absolute Gasteiger partial charge is 0.461 e. The summed E-state index contributed by atoms with van der Waals surface area (Å²) >= 11 is 0. The van der Waals surface area contributed by atoms with Crippen molar-refractivity contribution < 1.29 is 23.8 Å². The Labute approximate surface area is 170 Å². The maximum Gasteiger partial charge on any atom is 0.251 e. The quantitative estimate of drug-likeness (QED) is 0.825. The van der Waals surface area contributed by atoms with E-state index in [0.717, 1.165) is 16.7 Å². The van der Waals surface area contributed by atoms with Crippen LogP contribution in [-0.4, -0.2) is 59.3 Å². The smallest absolute Gasteiger partial charge is 0.251 e. The summed E-state index contributed by atoms with van der Waals surface area (Å²) in [5.74, 6) is 0.280. The molecule has 3 atom stereocenters. The number of fused-ring (bicyclic) bond motifs is 1. The van der Waals surface area contributed by atoms with E-state index in [0.29, 0.717) is 38.1 Å². The summed E-state index contributed by atoms with van der Waals surface area (Å²) in [5, 5.41) is 14.2. The summed E-state index contributed by atoms with van der Waals surface area (Å²) in [6, 6.07) is 6.71. The third kappa shape index (κ3) is 4.16. The van der Waals surface area contributed by atoms with E-state index in [4.69, 9.17) is 9.15 Å². The molecule has 0 bridgehead atoms. The van der Waals surface area contributed by atoms with Crippen molar-refractivity contribution in [2.75, 3.05) is 19.7 Å². The third-order valence-corrected chi connectivity index (χ3v) is 5.83. The van der Waals surface area contributed by atoms with Crippen molar-refractivity contribution in [1.82, 2.24) is 10.2 Å². The summed E-state index contributed by atoms with van der Waals surface area (Å²) < 4.78 is 11.2. The summed E-state index contributed by atoms with van der Waals surface area (Å²) in [6.07, 6.45) is 0.0693. The minimum Gasteiger partial charge on any atom is -0.461 e. The Morgan fingerprint density at radius 3 is 2.79 bits per heavy atom. The lowest BCUT2D eigenvalue weighted by atomic mass is 10.0. The van der Waals surface area contributed by atoms with Crippen LogP contribution in [0.4, 0.5) is 0 Å². The van der Waals surface area contributed by atoms with Crippen molar-refractivity contribution in [2.45, 2.75) is 51.4 Å². The molecule has 7 nitrogen and oxygen atoms in total. The molecule has 7 heteroatoms. The predicted molar refractivity (Wildman–Crippen MR) is 108 cm³/mol.